The van der Waals surface area contributed by atoms with E-state index in [4.69, 9.17) is 15.6 Å². The summed E-state index contributed by atoms with van der Waals surface area (Å²) < 4.78 is 1.29. The fraction of sp³-hybridized carbons (Fsp3) is 0.474. The van der Waals surface area contributed by atoms with E-state index in [0.29, 0.717) is 19.6 Å². The number of carboxylic acid groups (broad SMARTS) is 1. The highest BCUT2D eigenvalue weighted by Crippen LogP contribution is 2.42. The van der Waals surface area contributed by atoms with Gasteiger partial charge in [0.1, 0.15) is 12.4 Å². The molecule has 4 heterocycles. The Morgan fingerprint density at radius 2 is 2.09 bits per heavy atom. The summed E-state index contributed by atoms with van der Waals surface area (Å²) >= 11 is 0. The molecule has 0 spiro atoms. The van der Waals surface area contributed by atoms with Gasteiger partial charge in [-0.15, -0.1) is 0 Å². The lowest BCUT2D eigenvalue weighted by Crippen LogP contribution is -2.40. The first kappa shape index (κ1) is 21.6. The van der Waals surface area contributed by atoms with Crippen LogP contribution < -0.4 is 5.73 Å². The van der Waals surface area contributed by atoms with Crippen LogP contribution >= 0.6 is 0 Å². The van der Waals surface area contributed by atoms with E-state index in [1.807, 2.05) is 24.3 Å². The minimum absolute atomic E-state index is 0.00968. The molecule has 2 aliphatic rings. The highest BCUT2D eigenvalue weighted by Gasteiger charge is 2.53. The predicted octanol–water partition coefficient (Wildman–Crippen LogP) is -1.21. The summed E-state index contributed by atoms with van der Waals surface area (Å²) in [7, 11) is 0. The number of likely N-dealkylation sites (tertiary alicyclic amines) is 2. The van der Waals surface area contributed by atoms with Crippen LogP contribution in [-0.4, -0.2) is 95.4 Å². The van der Waals surface area contributed by atoms with Crippen LogP contribution in [0.25, 0.3) is 11.0 Å². The molecular weight excluding hydrogens is 418 g/mol. The Morgan fingerprint density at radius 1 is 1.31 bits per heavy atom. The van der Waals surface area contributed by atoms with Gasteiger partial charge in [-0.05, 0) is 28.5 Å². The third kappa shape index (κ3) is 4.11. The van der Waals surface area contributed by atoms with E-state index in [9.17, 15) is 9.90 Å². The predicted molar refractivity (Wildman–Crippen MR) is 112 cm³/mol. The monoisotopic (exact) mass is 443 g/mol. The third-order valence-electron chi connectivity index (χ3n) is 6.15. The minimum Gasteiger partial charge on any atom is -0.483 e. The number of nitrogen functional groups attached to an aromatic ring is 1. The summed E-state index contributed by atoms with van der Waals surface area (Å²) in [6.07, 6.45) is 0. The van der Waals surface area contributed by atoms with Crippen molar-refractivity contribution in [2.45, 2.75) is 13.1 Å². The highest BCUT2D eigenvalue weighted by atomic mass is 16.3. The molecule has 5 rings (SSSR count). The number of para-hydroxylation sites is 2. The van der Waals surface area contributed by atoms with E-state index in [2.05, 4.69) is 30.4 Å². The van der Waals surface area contributed by atoms with Crippen molar-refractivity contribution in [3.05, 3.63) is 30.1 Å². The van der Waals surface area contributed by atoms with Crippen LogP contribution in [0.3, 0.4) is 0 Å². The fourth-order valence-electron chi connectivity index (χ4n) is 4.67. The first-order valence-corrected chi connectivity index (χ1v) is 10.1. The molecule has 170 valence electrons. The Bertz CT molecular complexity index is 1070. The number of H-pyrrole nitrogens is 1. The van der Waals surface area contributed by atoms with Crippen LogP contribution in [0.15, 0.2) is 24.3 Å². The molecule has 1 amide bonds. The molecule has 13 heteroatoms. The third-order valence-corrected chi connectivity index (χ3v) is 6.15. The smallest absolute Gasteiger partial charge is 0.290 e. The number of tetrazole rings is 1. The number of carbonyl (C=O) groups is 2. The number of benzene rings is 1. The number of carbonyl (C=O) groups excluding carboxylic acids is 1. The lowest BCUT2D eigenvalue weighted by molar-refractivity contribution is -0.131. The SMILES string of the molecule is Nc1nnnn1CC(=O)N1CC2CN(Cc3nc4ccccc4[nH]3)CC2(CO)C1.O=CO. The van der Waals surface area contributed by atoms with Crippen molar-refractivity contribution < 1.29 is 19.8 Å². The molecule has 5 N–H and O–H groups in total. The number of aromatic amines is 1. The second kappa shape index (κ2) is 8.88. The first-order chi connectivity index (χ1) is 15.5. The van der Waals surface area contributed by atoms with Crippen molar-refractivity contribution in [2.75, 3.05) is 38.5 Å². The Labute approximate surface area is 182 Å². The second-order valence-electron chi connectivity index (χ2n) is 8.16. The molecule has 0 bridgehead atoms. The van der Waals surface area contributed by atoms with Gasteiger partial charge in [0.25, 0.3) is 6.47 Å². The number of aromatic nitrogens is 6. The van der Waals surface area contributed by atoms with Crippen molar-refractivity contribution in [1.29, 1.82) is 0 Å². The maximum atomic E-state index is 12.7. The number of imidazole rings is 1. The zero-order chi connectivity index (χ0) is 22.7. The van der Waals surface area contributed by atoms with E-state index in [1.54, 1.807) is 4.90 Å². The van der Waals surface area contributed by atoms with E-state index in [1.165, 1.54) is 4.68 Å². The second-order valence-corrected chi connectivity index (χ2v) is 8.16. The topological polar surface area (TPSA) is 179 Å². The zero-order valence-electron chi connectivity index (χ0n) is 17.3. The maximum absolute atomic E-state index is 12.7. The average molecular weight is 443 g/mol. The first-order valence-electron chi connectivity index (χ1n) is 10.1. The number of amides is 1. The van der Waals surface area contributed by atoms with Gasteiger partial charge in [0.05, 0.1) is 24.2 Å². The summed E-state index contributed by atoms with van der Waals surface area (Å²) in [5, 5.41) is 27.9. The van der Waals surface area contributed by atoms with Crippen LogP contribution in [0.1, 0.15) is 5.82 Å². The van der Waals surface area contributed by atoms with Crippen LogP contribution in [0.2, 0.25) is 0 Å². The quantitative estimate of drug-likeness (QED) is 0.349. The summed E-state index contributed by atoms with van der Waals surface area (Å²) in [5.41, 5.74) is 7.32. The Kier molecular flexibility index (Phi) is 6.01. The molecule has 2 aliphatic heterocycles. The lowest BCUT2D eigenvalue weighted by Gasteiger charge is -2.27. The molecule has 32 heavy (non-hydrogen) atoms. The van der Waals surface area contributed by atoms with Gasteiger partial charge in [-0.2, -0.15) is 0 Å². The number of aliphatic hydroxyl groups excluding tert-OH is 1. The van der Waals surface area contributed by atoms with Gasteiger partial charge in [-0.3, -0.25) is 14.5 Å². The maximum Gasteiger partial charge on any atom is 0.290 e. The number of hydrogen-bond acceptors (Lipinski definition) is 9. The van der Waals surface area contributed by atoms with Crippen LogP contribution in [-0.2, 0) is 22.7 Å². The summed E-state index contributed by atoms with van der Waals surface area (Å²) in [6.45, 7) is 3.17. The number of nitrogens with one attached hydrogen (secondary N) is 1. The van der Waals surface area contributed by atoms with Crippen molar-refractivity contribution in [1.82, 2.24) is 40.0 Å². The van der Waals surface area contributed by atoms with Crippen molar-refractivity contribution in [2.24, 2.45) is 11.3 Å². The lowest BCUT2D eigenvalue weighted by atomic mass is 9.82. The van der Waals surface area contributed by atoms with Crippen molar-refractivity contribution >= 4 is 29.4 Å². The zero-order valence-corrected chi connectivity index (χ0v) is 17.3. The molecular formula is C19H25N9O4. The van der Waals surface area contributed by atoms with Crippen molar-refractivity contribution in [3.8, 4) is 0 Å². The van der Waals surface area contributed by atoms with E-state index in [0.717, 1.165) is 29.9 Å². The van der Waals surface area contributed by atoms with Gasteiger partial charge in [-0.25, -0.2) is 9.67 Å². The standard InChI is InChI=1S/C18H23N9O2.CH2O2/c19-17-22-23-24-27(17)8-16(29)26-6-12-5-25(9-18(12,10-26)11-28)7-15-20-13-3-1-2-4-14(13)21-15;2-1-3/h1-4,12,28H,5-11H2,(H,20,21)(H2,19,22,24);1H,(H,2,3). The summed E-state index contributed by atoms with van der Waals surface area (Å²) in [6, 6.07) is 7.97. The number of fused-ring (bicyclic) bond motifs is 2. The van der Waals surface area contributed by atoms with Gasteiger partial charge >= 0.3 is 0 Å². The molecule has 2 saturated heterocycles. The largest absolute Gasteiger partial charge is 0.483 e. The van der Waals surface area contributed by atoms with Gasteiger partial charge in [0.2, 0.25) is 11.9 Å². The van der Waals surface area contributed by atoms with Crippen LogP contribution in [0.4, 0.5) is 5.95 Å². The summed E-state index contributed by atoms with van der Waals surface area (Å²) in [4.78, 5) is 33.1. The average Bonchev–Trinajstić information content (AvgIpc) is 3.51. The molecule has 0 saturated carbocycles. The van der Waals surface area contributed by atoms with Gasteiger partial charge < -0.3 is 25.8 Å². The van der Waals surface area contributed by atoms with Gasteiger partial charge in [0.15, 0.2) is 0 Å². The number of aliphatic hydroxyl groups is 1. The number of anilines is 1. The van der Waals surface area contributed by atoms with Gasteiger partial charge in [0, 0.05) is 31.6 Å². The van der Waals surface area contributed by atoms with Crippen LogP contribution in [0.5, 0.6) is 0 Å². The molecule has 2 unspecified atom stereocenters. The Morgan fingerprint density at radius 3 is 2.75 bits per heavy atom. The summed E-state index contributed by atoms with van der Waals surface area (Å²) in [5.74, 6) is 1.16. The van der Waals surface area contributed by atoms with E-state index < -0.39 is 0 Å². The Hall–Kier alpha value is -3.58. The number of nitrogens with two attached hydrogens (primary N) is 1. The van der Waals surface area contributed by atoms with Gasteiger partial charge in [-0.1, -0.05) is 17.2 Å². The molecule has 2 aromatic heterocycles. The minimum atomic E-state index is -0.312. The molecule has 2 fully saturated rings. The van der Waals surface area contributed by atoms with E-state index in [-0.39, 0.29) is 42.8 Å². The fourth-order valence-corrected chi connectivity index (χ4v) is 4.67. The Balaban J connectivity index is 0.000000775. The normalized spacial score (nSPS) is 22.5. The number of rotatable bonds is 5. The molecule has 13 nitrogen and oxygen atoms in total. The molecule has 0 radical (unpaired) electrons. The molecule has 0 aliphatic carbocycles. The highest BCUT2D eigenvalue weighted by molar-refractivity contribution is 5.77. The number of hydrogen-bond donors (Lipinski definition) is 4. The van der Waals surface area contributed by atoms with Crippen LogP contribution in [0, 0.1) is 11.3 Å². The van der Waals surface area contributed by atoms with Crippen molar-refractivity contribution in [3.63, 3.8) is 0 Å². The number of nitrogens with zero attached hydrogens (tertiary/aromatic N) is 7. The molecule has 1 aromatic carbocycles. The molecule has 3 aromatic rings. The van der Waals surface area contributed by atoms with E-state index >= 15 is 0 Å². The molecule has 2 atom stereocenters.